The highest BCUT2D eigenvalue weighted by Gasteiger charge is 2.10. The second kappa shape index (κ2) is 6.09. The van der Waals surface area contributed by atoms with Gasteiger partial charge in [0.05, 0.1) is 26.9 Å². The van der Waals surface area contributed by atoms with Crippen LogP contribution < -0.4 is 4.74 Å². The number of hydrogen-bond donors (Lipinski definition) is 2. The van der Waals surface area contributed by atoms with Gasteiger partial charge < -0.3 is 19.7 Å². The SMILES string of the molecule is COc1cc(COCCO)ccc1C(=O)O. The minimum atomic E-state index is -1.03. The summed E-state index contributed by atoms with van der Waals surface area (Å²) in [6.45, 7) is 0.532. The summed E-state index contributed by atoms with van der Waals surface area (Å²) < 4.78 is 10.1. The van der Waals surface area contributed by atoms with Crippen LogP contribution in [0.25, 0.3) is 0 Å². The van der Waals surface area contributed by atoms with Crippen LogP contribution in [-0.2, 0) is 11.3 Å². The van der Waals surface area contributed by atoms with E-state index in [0.29, 0.717) is 12.4 Å². The van der Waals surface area contributed by atoms with Crippen LogP contribution in [-0.4, -0.2) is 36.5 Å². The molecular formula is C11H14O5. The molecule has 88 valence electrons. The summed E-state index contributed by atoms with van der Waals surface area (Å²) in [6.07, 6.45) is 0. The Kier molecular flexibility index (Phi) is 4.75. The summed E-state index contributed by atoms with van der Waals surface area (Å²) in [5.41, 5.74) is 0.920. The van der Waals surface area contributed by atoms with Crippen molar-refractivity contribution >= 4 is 5.97 Å². The molecule has 0 saturated carbocycles. The lowest BCUT2D eigenvalue weighted by Gasteiger charge is -2.08. The first kappa shape index (κ1) is 12.5. The fourth-order valence-corrected chi connectivity index (χ4v) is 1.26. The molecule has 0 aliphatic rings. The predicted octanol–water partition coefficient (Wildman–Crippen LogP) is 0.902. The van der Waals surface area contributed by atoms with E-state index in [2.05, 4.69) is 0 Å². The number of aromatic carboxylic acids is 1. The highest BCUT2D eigenvalue weighted by atomic mass is 16.5. The van der Waals surface area contributed by atoms with Crippen molar-refractivity contribution in [2.45, 2.75) is 6.61 Å². The van der Waals surface area contributed by atoms with Gasteiger partial charge in [-0.2, -0.15) is 0 Å². The van der Waals surface area contributed by atoms with Gasteiger partial charge >= 0.3 is 5.97 Å². The molecule has 0 aliphatic carbocycles. The fourth-order valence-electron chi connectivity index (χ4n) is 1.26. The van der Waals surface area contributed by atoms with Gasteiger partial charge in [0.25, 0.3) is 0 Å². The molecule has 0 aliphatic heterocycles. The van der Waals surface area contributed by atoms with Crippen molar-refractivity contribution in [3.05, 3.63) is 29.3 Å². The Morgan fingerprint density at radius 1 is 1.44 bits per heavy atom. The molecule has 1 aromatic carbocycles. The van der Waals surface area contributed by atoms with Crippen molar-refractivity contribution in [3.8, 4) is 5.75 Å². The van der Waals surface area contributed by atoms with Crippen molar-refractivity contribution in [1.29, 1.82) is 0 Å². The Morgan fingerprint density at radius 3 is 2.75 bits per heavy atom. The van der Waals surface area contributed by atoms with Gasteiger partial charge in [-0.25, -0.2) is 4.79 Å². The number of carboxylic acid groups (broad SMARTS) is 1. The monoisotopic (exact) mass is 226 g/mol. The molecule has 1 rings (SSSR count). The summed E-state index contributed by atoms with van der Waals surface area (Å²) in [6, 6.07) is 4.74. The lowest BCUT2D eigenvalue weighted by Crippen LogP contribution is -2.03. The van der Waals surface area contributed by atoms with E-state index in [1.165, 1.54) is 13.2 Å². The zero-order valence-corrected chi connectivity index (χ0v) is 8.97. The Balaban J connectivity index is 2.78. The molecule has 0 atom stereocenters. The topological polar surface area (TPSA) is 76.0 Å². The van der Waals surface area contributed by atoms with Crippen molar-refractivity contribution < 1.29 is 24.5 Å². The Morgan fingerprint density at radius 2 is 2.19 bits per heavy atom. The molecule has 0 spiro atoms. The van der Waals surface area contributed by atoms with E-state index < -0.39 is 5.97 Å². The minimum absolute atomic E-state index is 0.0374. The minimum Gasteiger partial charge on any atom is -0.496 e. The lowest BCUT2D eigenvalue weighted by atomic mass is 10.1. The third-order valence-corrected chi connectivity index (χ3v) is 2.00. The summed E-state index contributed by atoms with van der Waals surface area (Å²) in [4.78, 5) is 10.8. The van der Waals surface area contributed by atoms with E-state index >= 15 is 0 Å². The maximum absolute atomic E-state index is 10.8. The molecule has 0 aromatic heterocycles. The van der Waals surface area contributed by atoms with E-state index in [0.717, 1.165) is 5.56 Å². The van der Waals surface area contributed by atoms with Crippen molar-refractivity contribution in [2.24, 2.45) is 0 Å². The van der Waals surface area contributed by atoms with E-state index in [4.69, 9.17) is 19.7 Å². The van der Waals surface area contributed by atoms with Gasteiger partial charge in [-0.3, -0.25) is 0 Å². The van der Waals surface area contributed by atoms with Gasteiger partial charge in [0, 0.05) is 0 Å². The summed E-state index contributed by atoms with van der Waals surface area (Å²) in [5.74, 6) is -0.725. The zero-order chi connectivity index (χ0) is 12.0. The standard InChI is InChI=1S/C11H14O5/c1-15-10-6-8(7-16-5-4-12)2-3-9(10)11(13)14/h2-3,6,12H,4-5,7H2,1H3,(H,13,14). The second-order valence-corrected chi connectivity index (χ2v) is 3.12. The first-order valence-corrected chi connectivity index (χ1v) is 4.78. The van der Waals surface area contributed by atoms with E-state index in [1.807, 2.05) is 0 Å². The number of carbonyl (C=O) groups is 1. The van der Waals surface area contributed by atoms with Crippen molar-refractivity contribution in [2.75, 3.05) is 20.3 Å². The smallest absolute Gasteiger partial charge is 0.339 e. The Bertz CT molecular complexity index is 361. The third kappa shape index (κ3) is 3.22. The first-order chi connectivity index (χ1) is 7.69. The zero-order valence-electron chi connectivity index (χ0n) is 8.97. The number of hydrogen-bond acceptors (Lipinski definition) is 4. The van der Waals surface area contributed by atoms with Crippen LogP contribution in [0.1, 0.15) is 15.9 Å². The molecule has 16 heavy (non-hydrogen) atoms. The first-order valence-electron chi connectivity index (χ1n) is 4.78. The number of aliphatic hydroxyl groups is 1. The molecule has 0 fully saturated rings. The van der Waals surface area contributed by atoms with Gasteiger partial charge in [-0.15, -0.1) is 0 Å². The van der Waals surface area contributed by atoms with E-state index in [-0.39, 0.29) is 18.8 Å². The molecule has 0 heterocycles. The summed E-state index contributed by atoms with van der Waals surface area (Å²) in [7, 11) is 1.42. The molecule has 0 unspecified atom stereocenters. The lowest BCUT2D eigenvalue weighted by molar-refractivity contribution is 0.0692. The fraction of sp³-hybridized carbons (Fsp3) is 0.364. The van der Waals surface area contributed by atoms with E-state index in [1.54, 1.807) is 12.1 Å². The molecule has 0 amide bonds. The molecule has 5 nitrogen and oxygen atoms in total. The quantitative estimate of drug-likeness (QED) is 0.705. The van der Waals surface area contributed by atoms with Crippen LogP contribution >= 0.6 is 0 Å². The van der Waals surface area contributed by atoms with Crippen LogP contribution in [0.4, 0.5) is 0 Å². The second-order valence-electron chi connectivity index (χ2n) is 3.12. The molecular weight excluding hydrogens is 212 g/mol. The van der Waals surface area contributed by atoms with Gasteiger partial charge in [0.2, 0.25) is 0 Å². The normalized spacial score (nSPS) is 10.1. The van der Waals surface area contributed by atoms with Gasteiger partial charge in [-0.05, 0) is 17.7 Å². The average molecular weight is 226 g/mol. The summed E-state index contributed by atoms with van der Waals surface area (Å²) in [5, 5.41) is 17.4. The average Bonchev–Trinajstić information content (AvgIpc) is 2.29. The number of aliphatic hydroxyl groups excluding tert-OH is 1. The van der Waals surface area contributed by atoms with Crippen LogP contribution in [0.2, 0.25) is 0 Å². The number of ether oxygens (including phenoxy) is 2. The van der Waals surface area contributed by atoms with Crippen LogP contribution in [0, 0.1) is 0 Å². The van der Waals surface area contributed by atoms with Crippen LogP contribution in [0.3, 0.4) is 0 Å². The number of rotatable bonds is 6. The third-order valence-electron chi connectivity index (χ3n) is 2.00. The van der Waals surface area contributed by atoms with Crippen LogP contribution in [0.5, 0.6) is 5.75 Å². The number of benzene rings is 1. The molecule has 1 aromatic rings. The predicted molar refractivity (Wildman–Crippen MR) is 56.7 cm³/mol. The molecule has 2 N–H and O–H groups in total. The molecule has 0 radical (unpaired) electrons. The van der Waals surface area contributed by atoms with Crippen LogP contribution in [0.15, 0.2) is 18.2 Å². The van der Waals surface area contributed by atoms with Gasteiger partial charge in [0.15, 0.2) is 0 Å². The van der Waals surface area contributed by atoms with E-state index in [9.17, 15) is 4.79 Å². The van der Waals surface area contributed by atoms with Gasteiger partial charge in [0.1, 0.15) is 11.3 Å². The largest absolute Gasteiger partial charge is 0.496 e. The maximum atomic E-state index is 10.8. The summed E-state index contributed by atoms with van der Waals surface area (Å²) >= 11 is 0. The Hall–Kier alpha value is -1.59. The number of carboxylic acids is 1. The highest BCUT2D eigenvalue weighted by molar-refractivity contribution is 5.90. The molecule has 0 bridgehead atoms. The molecule has 5 heteroatoms. The highest BCUT2D eigenvalue weighted by Crippen LogP contribution is 2.20. The maximum Gasteiger partial charge on any atom is 0.339 e. The van der Waals surface area contributed by atoms with Crippen molar-refractivity contribution in [3.63, 3.8) is 0 Å². The Labute approximate surface area is 93.2 Å². The van der Waals surface area contributed by atoms with Gasteiger partial charge in [-0.1, -0.05) is 6.07 Å². The van der Waals surface area contributed by atoms with Crippen molar-refractivity contribution in [1.82, 2.24) is 0 Å². The molecule has 0 saturated heterocycles. The number of methoxy groups -OCH3 is 1.